The highest BCUT2D eigenvalue weighted by atomic mass is 35.5. The zero-order chi connectivity index (χ0) is 10.1. The van der Waals surface area contributed by atoms with E-state index in [1.807, 2.05) is 24.3 Å². The highest BCUT2D eigenvalue weighted by Gasteiger charge is 2.03. The average Bonchev–Trinajstić information content (AvgIpc) is 2.44. The van der Waals surface area contributed by atoms with Crippen LogP contribution in [0, 0.1) is 0 Å². The van der Waals surface area contributed by atoms with Crippen molar-refractivity contribution in [2.24, 2.45) is 0 Å². The fraction of sp³-hybridized carbons (Fsp3) is 0.182. The molecule has 0 aliphatic carbocycles. The van der Waals surface area contributed by atoms with Gasteiger partial charge in [-0.25, -0.2) is 0 Å². The van der Waals surface area contributed by atoms with E-state index in [1.54, 1.807) is 6.92 Å². The van der Waals surface area contributed by atoms with Gasteiger partial charge in [0.1, 0.15) is 5.78 Å². The number of carbonyl (C=O) groups excluding carboxylic acids is 1. The Labute approximate surface area is 86.9 Å². The Balaban J connectivity index is 2.46. The number of H-pyrrole nitrogens is 1. The van der Waals surface area contributed by atoms with Crippen molar-refractivity contribution in [1.82, 2.24) is 4.98 Å². The predicted octanol–water partition coefficient (Wildman–Crippen LogP) is 2.95. The molecule has 0 saturated carbocycles. The van der Waals surface area contributed by atoms with Crippen LogP contribution >= 0.6 is 11.6 Å². The summed E-state index contributed by atoms with van der Waals surface area (Å²) in [5.74, 6) is 0.155. The molecule has 2 aromatic rings. The van der Waals surface area contributed by atoms with Crippen LogP contribution in [0.1, 0.15) is 12.6 Å². The quantitative estimate of drug-likeness (QED) is 0.807. The summed E-state index contributed by atoms with van der Waals surface area (Å²) < 4.78 is 0. The maximum atomic E-state index is 10.9. The number of benzene rings is 1. The molecule has 0 fully saturated rings. The normalized spacial score (nSPS) is 10.7. The largest absolute Gasteiger partial charge is 0.358 e. The predicted molar refractivity (Wildman–Crippen MR) is 57.7 cm³/mol. The second-order valence-corrected chi connectivity index (χ2v) is 3.84. The van der Waals surface area contributed by atoms with E-state index in [4.69, 9.17) is 11.6 Å². The van der Waals surface area contributed by atoms with Crippen LogP contribution in [0.2, 0.25) is 5.02 Å². The molecule has 0 radical (unpaired) electrons. The molecule has 1 N–H and O–H groups in total. The van der Waals surface area contributed by atoms with E-state index in [1.165, 1.54) is 0 Å². The maximum Gasteiger partial charge on any atom is 0.135 e. The molecule has 2 rings (SSSR count). The molecule has 1 aromatic carbocycles. The molecule has 0 bridgehead atoms. The Hall–Kier alpha value is -1.28. The van der Waals surface area contributed by atoms with Gasteiger partial charge in [0.25, 0.3) is 0 Å². The minimum Gasteiger partial charge on any atom is -0.358 e. The highest BCUT2D eigenvalue weighted by Crippen LogP contribution is 2.20. The molecule has 72 valence electrons. The third kappa shape index (κ3) is 1.80. The van der Waals surface area contributed by atoms with Gasteiger partial charge in [0.05, 0.1) is 0 Å². The first kappa shape index (κ1) is 9.28. The van der Waals surface area contributed by atoms with Crippen molar-refractivity contribution >= 4 is 28.3 Å². The lowest BCUT2D eigenvalue weighted by Crippen LogP contribution is -1.95. The monoisotopic (exact) mass is 207 g/mol. The smallest absolute Gasteiger partial charge is 0.135 e. The topological polar surface area (TPSA) is 32.9 Å². The summed E-state index contributed by atoms with van der Waals surface area (Å²) in [5.41, 5.74) is 1.96. The number of fused-ring (bicyclic) bond motifs is 1. The Bertz CT molecular complexity index is 487. The van der Waals surface area contributed by atoms with Gasteiger partial charge in [-0.3, -0.25) is 4.79 Å². The first-order valence-electron chi connectivity index (χ1n) is 4.42. The number of Topliss-reactive ketones (excluding diaryl/α,β-unsaturated/α-hetero) is 1. The minimum absolute atomic E-state index is 0.155. The first-order valence-corrected chi connectivity index (χ1v) is 4.79. The fourth-order valence-electron chi connectivity index (χ4n) is 1.53. The summed E-state index contributed by atoms with van der Waals surface area (Å²) >= 11 is 5.85. The molecule has 0 aliphatic rings. The van der Waals surface area contributed by atoms with Crippen LogP contribution in [-0.2, 0) is 11.2 Å². The van der Waals surface area contributed by atoms with E-state index in [-0.39, 0.29) is 5.78 Å². The molecular formula is C11H10ClNO. The molecule has 0 spiro atoms. The Morgan fingerprint density at radius 3 is 2.93 bits per heavy atom. The van der Waals surface area contributed by atoms with Crippen LogP contribution in [0.5, 0.6) is 0 Å². The minimum atomic E-state index is 0.155. The van der Waals surface area contributed by atoms with Crippen LogP contribution in [0.15, 0.2) is 24.3 Å². The Kier molecular flexibility index (Phi) is 2.30. The highest BCUT2D eigenvalue weighted by molar-refractivity contribution is 6.31. The van der Waals surface area contributed by atoms with Gasteiger partial charge in [-0.05, 0) is 31.2 Å². The van der Waals surface area contributed by atoms with Crippen molar-refractivity contribution in [3.63, 3.8) is 0 Å². The van der Waals surface area contributed by atoms with Crippen molar-refractivity contribution in [3.8, 4) is 0 Å². The van der Waals surface area contributed by atoms with Crippen molar-refractivity contribution in [2.45, 2.75) is 13.3 Å². The zero-order valence-corrected chi connectivity index (χ0v) is 8.56. The third-order valence-corrected chi connectivity index (χ3v) is 2.31. The Morgan fingerprint density at radius 2 is 2.21 bits per heavy atom. The number of ketones is 1. The molecule has 0 saturated heterocycles. The number of aromatic nitrogens is 1. The van der Waals surface area contributed by atoms with Crippen LogP contribution in [0.25, 0.3) is 10.9 Å². The van der Waals surface area contributed by atoms with Crippen LogP contribution in [0.3, 0.4) is 0 Å². The molecule has 1 heterocycles. The summed E-state index contributed by atoms with van der Waals surface area (Å²) in [6.07, 6.45) is 0.451. The van der Waals surface area contributed by atoms with E-state index in [9.17, 15) is 4.79 Å². The summed E-state index contributed by atoms with van der Waals surface area (Å²) in [6, 6.07) is 7.60. The van der Waals surface area contributed by atoms with E-state index in [0.717, 1.165) is 16.6 Å². The number of hydrogen-bond donors (Lipinski definition) is 1. The first-order chi connectivity index (χ1) is 6.65. The zero-order valence-electron chi connectivity index (χ0n) is 7.80. The van der Waals surface area contributed by atoms with E-state index in [2.05, 4.69) is 4.98 Å². The van der Waals surface area contributed by atoms with Crippen molar-refractivity contribution in [1.29, 1.82) is 0 Å². The molecule has 0 aliphatic heterocycles. The standard InChI is InChI=1S/C11H10ClNO/c1-7(14)4-10-6-8-5-9(12)2-3-11(8)13-10/h2-3,5-6,13H,4H2,1H3. The third-order valence-electron chi connectivity index (χ3n) is 2.08. The lowest BCUT2D eigenvalue weighted by atomic mass is 10.2. The summed E-state index contributed by atoms with van der Waals surface area (Å²) in [5, 5.41) is 1.76. The maximum absolute atomic E-state index is 10.9. The molecule has 2 nitrogen and oxygen atoms in total. The van der Waals surface area contributed by atoms with Crippen LogP contribution in [-0.4, -0.2) is 10.8 Å². The molecular weight excluding hydrogens is 198 g/mol. The van der Waals surface area contributed by atoms with Gasteiger partial charge in [-0.1, -0.05) is 11.6 Å². The number of nitrogens with one attached hydrogen (secondary N) is 1. The summed E-state index contributed by atoms with van der Waals surface area (Å²) in [4.78, 5) is 14.1. The SMILES string of the molecule is CC(=O)Cc1cc2cc(Cl)ccc2[nH]1. The molecule has 1 aromatic heterocycles. The summed E-state index contributed by atoms with van der Waals surface area (Å²) in [7, 11) is 0. The van der Waals surface area contributed by atoms with Gasteiger partial charge < -0.3 is 4.98 Å². The molecule has 0 amide bonds. The van der Waals surface area contributed by atoms with Gasteiger partial charge in [-0.15, -0.1) is 0 Å². The van der Waals surface area contributed by atoms with Crippen molar-refractivity contribution < 1.29 is 4.79 Å². The number of aromatic amines is 1. The number of halogens is 1. The molecule has 0 unspecified atom stereocenters. The second-order valence-electron chi connectivity index (χ2n) is 3.40. The second kappa shape index (κ2) is 3.46. The van der Waals surface area contributed by atoms with Crippen LogP contribution < -0.4 is 0 Å². The van der Waals surface area contributed by atoms with E-state index >= 15 is 0 Å². The molecule has 0 atom stereocenters. The van der Waals surface area contributed by atoms with Gasteiger partial charge >= 0.3 is 0 Å². The van der Waals surface area contributed by atoms with Crippen molar-refractivity contribution in [2.75, 3.05) is 0 Å². The van der Waals surface area contributed by atoms with Gasteiger partial charge in [0, 0.05) is 28.0 Å². The van der Waals surface area contributed by atoms with Gasteiger partial charge in [0.2, 0.25) is 0 Å². The average molecular weight is 208 g/mol. The van der Waals surface area contributed by atoms with E-state index in [0.29, 0.717) is 11.4 Å². The lowest BCUT2D eigenvalue weighted by molar-refractivity contribution is -0.116. The van der Waals surface area contributed by atoms with Gasteiger partial charge in [0.15, 0.2) is 0 Å². The lowest BCUT2D eigenvalue weighted by Gasteiger charge is -1.89. The number of carbonyl (C=O) groups is 1. The fourth-order valence-corrected chi connectivity index (χ4v) is 1.71. The van der Waals surface area contributed by atoms with E-state index < -0.39 is 0 Å². The number of hydrogen-bond acceptors (Lipinski definition) is 1. The Morgan fingerprint density at radius 1 is 1.43 bits per heavy atom. The van der Waals surface area contributed by atoms with Crippen molar-refractivity contribution in [3.05, 3.63) is 35.0 Å². The molecule has 3 heteroatoms. The number of rotatable bonds is 2. The van der Waals surface area contributed by atoms with Gasteiger partial charge in [-0.2, -0.15) is 0 Å². The molecule has 14 heavy (non-hydrogen) atoms. The van der Waals surface area contributed by atoms with Crippen LogP contribution in [0.4, 0.5) is 0 Å². The summed E-state index contributed by atoms with van der Waals surface area (Å²) in [6.45, 7) is 1.58.